The quantitative estimate of drug-likeness (QED) is 0.722. The van der Waals surface area contributed by atoms with Crippen molar-refractivity contribution in [1.82, 2.24) is 10.2 Å². The van der Waals surface area contributed by atoms with E-state index in [9.17, 15) is 22.8 Å². The number of nitrogens with zero attached hydrogens (tertiary/aromatic N) is 1. The molecular weight excluding hydrogens is 359 g/mol. The van der Waals surface area contributed by atoms with Crippen LogP contribution in [-0.4, -0.2) is 16.1 Å². The second-order valence-corrected chi connectivity index (χ2v) is 5.49. The van der Waals surface area contributed by atoms with E-state index in [1.807, 2.05) is 0 Å². The summed E-state index contributed by atoms with van der Waals surface area (Å²) < 4.78 is 37.6. The van der Waals surface area contributed by atoms with Crippen LogP contribution in [0.5, 0.6) is 0 Å². The van der Waals surface area contributed by atoms with E-state index in [1.165, 1.54) is 18.2 Å². The summed E-state index contributed by atoms with van der Waals surface area (Å²) in [7, 11) is 0. The molecule has 2 N–H and O–H groups in total. The van der Waals surface area contributed by atoms with E-state index in [0.29, 0.717) is 5.39 Å². The van der Waals surface area contributed by atoms with Gasteiger partial charge in [0.2, 0.25) is 0 Å². The molecule has 0 unspecified atom stereocenters. The summed E-state index contributed by atoms with van der Waals surface area (Å²) in [6.07, 6.45) is -4.45. The molecule has 2 aromatic carbocycles. The van der Waals surface area contributed by atoms with Gasteiger partial charge in [0, 0.05) is 16.6 Å². The van der Waals surface area contributed by atoms with Gasteiger partial charge in [0.25, 0.3) is 11.5 Å². The van der Waals surface area contributed by atoms with Crippen LogP contribution < -0.4 is 10.9 Å². The monoisotopic (exact) mass is 367 g/mol. The number of alkyl halides is 3. The lowest BCUT2D eigenvalue weighted by atomic mass is 10.1. The maximum Gasteiger partial charge on any atom is 0.416 e. The molecule has 0 saturated heterocycles. The average Bonchev–Trinajstić information content (AvgIpc) is 2.57. The van der Waals surface area contributed by atoms with E-state index >= 15 is 0 Å². The van der Waals surface area contributed by atoms with Crippen LogP contribution in [0.3, 0.4) is 0 Å². The van der Waals surface area contributed by atoms with Gasteiger partial charge < -0.3 is 5.32 Å². The van der Waals surface area contributed by atoms with Crippen LogP contribution in [0.1, 0.15) is 15.9 Å². The number of fused-ring (bicyclic) bond motifs is 1. The Morgan fingerprint density at radius 2 is 1.76 bits per heavy atom. The molecule has 0 atom stereocenters. The van der Waals surface area contributed by atoms with E-state index in [0.717, 1.165) is 24.3 Å². The highest BCUT2D eigenvalue weighted by Gasteiger charge is 2.30. The van der Waals surface area contributed by atoms with Crippen molar-refractivity contribution in [3.8, 4) is 0 Å². The van der Waals surface area contributed by atoms with Crippen molar-refractivity contribution in [1.29, 1.82) is 0 Å². The van der Waals surface area contributed by atoms with Gasteiger partial charge in [0.15, 0.2) is 5.15 Å². The summed E-state index contributed by atoms with van der Waals surface area (Å²) in [6.45, 7) is 0. The minimum Gasteiger partial charge on any atom is -0.322 e. The van der Waals surface area contributed by atoms with Crippen LogP contribution >= 0.6 is 11.6 Å². The molecule has 0 aliphatic carbocycles. The van der Waals surface area contributed by atoms with Crippen LogP contribution in [0.2, 0.25) is 5.15 Å². The fraction of sp³-hybridized carbons (Fsp3) is 0.0625. The molecule has 128 valence electrons. The standard InChI is InChI=1S/C16H9ClF3N3O2/c17-13-12-7-8(1-6-11(12)15(25)23-22-13)14(24)21-10-4-2-9(3-5-10)16(18,19)20/h1-7H,(H,21,24)(H,23,25). The first-order valence-electron chi connectivity index (χ1n) is 6.92. The number of aromatic nitrogens is 2. The van der Waals surface area contributed by atoms with Crippen molar-refractivity contribution in [3.63, 3.8) is 0 Å². The number of H-pyrrole nitrogens is 1. The zero-order chi connectivity index (χ0) is 18.2. The third-order valence-electron chi connectivity index (χ3n) is 3.47. The molecule has 9 heteroatoms. The van der Waals surface area contributed by atoms with E-state index in [4.69, 9.17) is 11.6 Å². The molecule has 0 fully saturated rings. The fourth-order valence-electron chi connectivity index (χ4n) is 2.22. The first-order valence-corrected chi connectivity index (χ1v) is 7.30. The summed E-state index contributed by atoms with van der Waals surface area (Å²) in [6, 6.07) is 8.27. The molecule has 0 spiro atoms. The minimum atomic E-state index is -4.45. The molecule has 1 aromatic heterocycles. The Bertz CT molecular complexity index is 1010. The van der Waals surface area contributed by atoms with Crippen molar-refractivity contribution in [2.45, 2.75) is 6.18 Å². The maximum absolute atomic E-state index is 12.5. The molecule has 0 aliphatic heterocycles. The van der Waals surface area contributed by atoms with Crippen molar-refractivity contribution in [2.24, 2.45) is 0 Å². The van der Waals surface area contributed by atoms with Gasteiger partial charge in [-0.1, -0.05) is 11.6 Å². The number of halogens is 4. The Morgan fingerprint density at radius 1 is 1.08 bits per heavy atom. The Hall–Kier alpha value is -2.87. The lowest BCUT2D eigenvalue weighted by Gasteiger charge is -2.09. The number of amides is 1. The van der Waals surface area contributed by atoms with Gasteiger partial charge in [0.1, 0.15) is 0 Å². The maximum atomic E-state index is 12.5. The van der Waals surface area contributed by atoms with Crippen molar-refractivity contribution in [3.05, 3.63) is 69.1 Å². The molecule has 5 nitrogen and oxygen atoms in total. The smallest absolute Gasteiger partial charge is 0.322 e. The summed E-state index contributed by atoms with van der Waals surface area (Å²) >= 11 is 5.91. The van der Waals surface area contributed by atoms with Crippen LogP contribution in [0.4, 0.5) is 18.9 Å². The van der Waals surface area contributed by atoms with E-state index in [2.05, 4.69) is 15.5 Å². The molecule has 0 saturated carbocycles. The highest BCUT2D eigenvalue weighted by atomic mass is 35.5. The molecule has 1 amide bonds. The van der Waals surface area contributed by atoms with E-state index in [1.54, 1.807) is 0 Å². The summed E-state index contributed by atoms with van der Waals surface area (Å²) in [5.41, 5.74) is -0.877. The number of carbonyl (C=O) groups excluding carboxylic acids is 1. The molecule has 3 rings (SSSR count). The zero-order valence-electron chi connectivity index (χ0n) is 12.3. The third kappa shape index (κ3) is 3.48. The van der Waals surface area contributed by atoms with Crippen LogP contribution in [0, 0.1) is 0 Å². The Morgan fingerprint density at radius 3 is 2.40 bits per heavy atom. The van der Waals surface area contributed by atoms with Gasteiger partial charge in [-0.25, -0.2) is 5.10 Å². The Balaban J connectivity index is 1.87. The van der Waals surface area contributed by atoms with E-state index < -0.39 is 23.2 Å². The topological polar surface area (TPSA) is 74.8 Å². The largest absolute Gasteiger partial charge is 0.416 e. The van der Waals surface area contributed by atoms with E-state index in [-0.39, 0.29) is 21.8 Å². The van der Waals surface area contributed by atoms with Gasteiger partial charge in [-0.3, -0.25) is 9.59 Å². The lowest BCUT2D eigenvalue weighted by molar-refractivity contribution is -0.137. The first-order chi connectivity index (χ1) is 11.8. The fourth-order valence-corrected chi connectivity index (χ4v) is 2.42. The van der Waals surface area contributed by atoms with Gasteiger partial charge in [-0.2, -0.15) is 18.3 Å². The molecular formula is C16H9ClF3N3O2. The number of carbonyl (C=O) groups is 1. The van der Waals surface area contributed by atoms with Crippen LogP contribution in [0.25, 0.3) is 10.8 Å². The van der Waals surface area contributed by atoms with Crippen molar-refractivity contribution >= 4 is 34.0 Å². The predicted molar refractivity (Wildman–Crippen MR) is 86.8 cm³/mol. The number of anilines is 1. The van der Waals surface area contributed by atoms with Gasteiger partial charge in [0.05, 0.1) is 10.9 Å². The predicted octanol–water partition coefficient (Wildman–Crippen LogP) is 3.85. The first kappa shape index (κ1) is 17.0. The molecule has 0 bridgehead atoms. The molecule has 0 radical (unpaired) electrons. The summed E-state index contributed by atoms with van der Waals surface area (Å²) in [5.74, 6) is -0.557. The SMILES string of the molecule is O=C(Nc1ccc(C(F)(F)F)cc1)c1ccc2c(=O)[nH]nc(Cl)c2c1. The number of hydrogen-bond acceptors (Lipinski definition) is 3. The number of aromatic amines is 1. The number of hydrogen-bond donors (Lipinski definition) is 2. The zero-order valence-corrected chi connectivity index (χ0v) is 13.1. The van der Waals surface area contributed by atoms with Gasteiger partial charge in [-0.15, -0.1) is 0 Å². The van der Waals surface area contributed by atoms with Gasteiger partial charge >= 0.3 is 6.18 Å². The lowest BCUT2D eigenvalue weighted by Crippen LogP contribution is -2.14. The average molecular weight is 368 g/mol. The highest BCUT2D eigenvalue weighted by molar-refractivity contribution is 6.34. The molecule has 25 heavy (non-hydrogen) atoms. The normalized spacial score (nSPS) is 11.5. The number of benzene rings is 2. The highest BCUT2D eigenvalue weighted by Crippen LogP contribution is 2.30. The molecule has 3 aromatic rings. The third-order valence-corrected chi connectivity index (χ3v) is 3.76. The summed E-state index contributed by atoms with van der Waals surface area (Å²) in [5, 5.41) is 8.91. The second kappa shape index (κ2) is 6.21. The van der Waals surface area contributed by atoms with Crippen LogP contribution in [-0.2, 0) is 6.18 Å². The Labute approximate surface area is 143 Å². The number of rotatable bonds is 2. The minimum absolute atomic E-state index is 0.0266. The summed E-state index contributed by atoms with van der Waals surface area (Å²) in [4.78, 5) is 23.9. The van der Waals surface area contributed by atoms with Gasteiger partial charge in [-0.05, 0) is 42.5 Å². The van der Waals surface area contributed by atoms with Crippen molar-refractivity contribution in [2.75, 3.05) is 5.32 Å². The number of nitrogens with one attached hydrogen (secondary N) is 2. The molecule has 1 heterocycles. The van der Waals surface area contributed by atoms with Crippen LogP contribution in [0.15, 0.2) is 47.3 Å². The second-order valence-electron chi connectivity index (χ2n) is 5.13. The Kier molecular flexibility index (Phi) is 4.22. The molecule has 0 aliphatic rings. The van der Waals surface area contributed by atoms with Crippen molar-refractivity contribution < 1.29 is 18.0 Å².